The molecule has 1 aromatic rings. The summed E-state index contributed by atoms with van der Waals surface area (Å²) in [6.07, 6.45) is 0.553. The summed E-state index contributed by atoms with van der Waals surface area (Å²) in [7, 11) is 0. The van der Waals surface area contributed by atoms with Gasteiger partial charge in [-0.25, -0.2) is 8.78 Å². The van der Waals surface area contributed by atoms with Gasteiger partial charge < -0.3 is 0 Å². The van der Waals surface area contributed by atoms with E-state index in [-0.39, 0.29) is 0 Å². The summed E-state index contributed by atoms with van der Waals surface area (Å²) in [5.74, 6) is -2.76. The van der Waals surface area contributed by atoms with E-state index in [1.807, 2.05) is 0 Å². The Labute approximate surface area is 98.4 Å². The molecule has 4 nitrogen and oxygen atoms in total. The lowest BCUT2D eigenvalue weighted by atomic mass is 9.71. The quantitative estimate of drug-likeness (QED) is 0.464. The molecule has 0 amide bonds. The Morgan fingerprint density at radius 3 is 2.56 bits per heavy atom. The molecule has 1 fully saturated rings. The van der Waals surface area contributed by atoms with E-state index in [4.69, 9.17) is 5.53 Å². The molecule has 0 spiro atoms. The maximum atomic E-state index is 12.9. The lowest BCUT2D eigenvalue weighted by molar-refractivity contribution is -0.126. The topological polar surface area (TPSA) is 61.7 Å². The largest absolute Gasteiger partial charge is 0.259 e. The van der Waals surface area contributed by atoms with Crippen molar-refractivity contribution in [3.8, 4) is 0 Å². The van der Waals surface area contributed by atoms with Crippen molar-refractivity contribution in [3.63, 3.8) is 0 Å². The van der Waals surface area contributed by atoms with Crippen LogP contribution in [0, 0.1) is 0 Å². The molecular weight excluding hydrogens is 282 g/mol. The zero-order chi connectivity index (χ0) is 11.8. The molecule has 1 aromatic heterocycles. The monoisotopic (exact) mass is 288 g/mol. The molecule has 0 aromatic carbocycles. The Morgan fingerprint density at radius 2 is 2.12 bits per heavy atom. The first-order valence-electron chi connectivity index (χ1n) is 4.54. The van der Waals surface area contributed by atoms with E-state index < -0.39 is 24.3 Å². The molecule has 0 aliphatic heterocycles. The Bertz CT molecular complexity index is 445. The second-order valence-electron chi connectivity index (χ2n) is 3.79. The van der Waals surface area contributed by atoms with Gasteiger partial charge in [0.05, 0.1) is 5.69 Å². The summed E-state index contributed by atoms with van der Waals surface area (Å²) in [6, 6.07) is 3.28. The highest BCUT2D eigenvalue weighted by atomic mass is 79.9. The van der Waals surface area contributed by atoms with Gasteiger partial charge in [-0.1, -0.05) is 5.11 Å². The van der Waals surface area contributed by atoms with Crippen molar-refractivity contribution in [1.29, 1.82) is 0 Å². The number of aromatic nitrogens is 1. The highest BCUT2D eigenvalue weighted by Crippen LogP contribution is 2.53. The van der Waals surface area contributed by atoms with Crippen LogP contribution in [0.15, 0.2) is 27.9 Å². The van der Waals surface area contributed by atoms with Gasteiger partial charge >= 0.3 is 0 Å². The fourth-order valence-electron chi connectivity index (χ4n) is 1.84. The second kappa shape index (κ2) is 3.68. The smallest absolute Gasteiger partial charge is 0.250 e. The predicted molar refractivity (Wildman–Crippen MR) is 56.9 cm³/mol. The van der Waals surface area contributed by atoms with Crippen LogP contribution in [0.3, 0.4) is 0 Å². The summed E-state index contributed by atoms with van der Waals surface area (Å²) < 4.78 is 26.6. The zero-order valence-corrected chi connectivity index (χ0v) is 9.66. The first-order chi connectivity index (χ1) is 7.47. The summed E-state index contributed by atoms with van der Waals surface area (Å²) >= 11 is 3.20. The minimum atomic E-state index is -2.76. The average molecular weight is 289 g/mol. The molecule has 16 heavy (non-hydrogen) atoms. The molecule has 1 aliphatic rings. The number of rotatable bonds is 2. The Morgan fingerprint density at radius 1 is 1.44 bits per heavy atom. The fourth-order valence-corrected chi connectivity index (χ4v) is 2.08. The third-order valence-electron chi connectivity index (χ3n) is 2.54. The zero-order valence-electron chi connectivity index (χ0n) is 8.07. The van der Waals surface area contributed by atoms with Crippen LogP contribution < -0.4 is 0 Å². The lowest BCUT2D eigenvalue weighted by Gasteiger charge is -2.43. The summed E-state index contributed by atoms with van der Waals surface area (Å²) in [5, 5.41) is 3.48. The predicted octanol–water partition coefficient (Wildman–Crippen LogP) is 3.78. The van der Waals surface area contributed by atoms with Gasteiger partial charge in [-0.15, -0.1) is 0 Å². The maximum Gasteiger partial charge on any atom is 0.250 e. The van der Waals surface area contributed by atoms with Crippen molar-refractivity contribution in [2.24, 2.45) is 5.11 Å². The third kappa shape index (κ3) is 1.88. The van der Waals surface area contributed by atoms with Gasteiger partial charge in [0, 0.05) is 28.4 Å². The molecule has 0 bridgehead atoms. The van der Waals surface area contributed by atoms with Crippen LogP contribution >= 0.6 is 15.9 Å². The Kier molecular flexibility index (Phi) is 2.59. The number of halogens is 3. The molecule has 0 saturated heterocycles. The van der Waals surface area contributed by atoms with E-state index in [9.17, 15) is 8.78 Å². The van der Waals surface area contributed by atoms with Crippen molar-refractivity contribution in [3.05, 3.63) is 38.9 Å². The first-order valence-corrected chi connectivity index (χ1v) is 5.33. The van der Waals surface area contributed by atoms with Crippen LogP contribution in [-0.2, 0) is 5.54 Å². The van der Waals surface area contributed by atoms with Crippen LogP contribution in [0.25, 0.3) is 10.4 Å². The van der Waals surface area contributed by atoms with Gasteiger partial charge in [0.1, 0.15) is 5.54 Å². The van der Waals surface area contributed by atoms with Crippen LogP contribution in [0.5, 0.6) is 0 Å². The van der Waals surface area contributed by atoms with Crippen LogP contribution in [-0.4, -0.2) is 10.9 Å². The van der Waals surface area contributed by atoms with E-state index in [1.165, 1.54) is 6.20 Å². The second-order valence-corrected chi connectivity index (χ2v) is 4.71. The van der Waals surface area contributed by atoms with Crippen molar-refractivity contribution in [1.82, 2.24) is 4.98 Å². The minimum Gasteiger partial charge on any atom is -0.259 e. The van der Waals surface area contributed by atoms with Gasteiger partial charge in [0.2, 0.25) is 5.92 Å². The van der Waals surface area contributed by atoms with Crippen molar-refractivity contribution in [2.75, 3.05) is 0 Å². The fraction of sp³-hybridized carbons (Fsp3) is 0.444. The normalized spacial score (nSPS) is 20.7. The van der Waals surface area contributed by atoms with Crippen molar-refractivity contribution < 1.29 is 8.78 Å². The first kappa shape index (κ1) is 11.3. The molecule has 2 rings (SSSR count). The minimum absolute atomic E-state index is 0.388. The van der Waals surface area contributed by atoms with E-state index in [1.54, 1.807) is 12.1 Å². The maximum absolute atomic E-state index is 12.9. The van der Waals surface area contributed by atoms with Crippen LogP contribution in [0.1, 0.15) is 18.5 Å². The van der Waals surface area contributed by atoms with E-state index in [2.05, 4.69) is 30.9 Å². The van der Waals surface area contributed by atoms with Crippen LogP contribution in [0.4, 0.5) is 8.78 Å². The summed E-state index contributed by atoms with van der Waals surface area (Å²) in [4.78, 5) is 6.65. The molecule has 1 heterocycles. The van der Waals surface area contributed by atoms with Crippen molar-refractivity contribution >= 4 is 15.9 Å². The number of azide groups is 1. The molecule has 84 valence electrons. The number of hydrogen-bond donors (Lipinski definition) is 0. The lowest BCUT2D eigenvalue weighted by Crippen LogP contribution is -2.48. The highest BCUT2D eigenvalue weighted by Gasteiger charge is 2.58. The standard InChI is InChI=1S/C9H7BrF2N4/c10-6-1-2-7(14-3-6)8(15-16-13)4-9(11,12)5-8/h1-3H,4-5H2. The molecule has 7 heteroatoms. The number of alkyl halides is 2. The van der Waals surface area contributed by atoms with Gasteiger partial charge in [0.25, 0.3) is 0 Å². The highest BCUT2D eigenvalue weighted by molar-refractivity contribution is 9.10. The average Bonchev–Trinajstić information content (AvgIpc) is 2.16. The number of nitrogens with zero attached hydrogens (tertiary/aromatic N) is 4. The van der Waals surface area contributed by atoms with E-state index in [0.717, 1.165) is 4.47 Å². The van der Waals surface area contributed by atoms with Gasteiger partial charge in [-0.05, 0) is 33.6 Å². The molecule has 0 N–H and O–H groups in total. The molecule has 1 aliphatic carbocycles. The summed E-state index contributed by atoms with van der Waals surface area (Å²) in [6.45, 7) is 0. The number of hydrogen-bond acceptors (Lipinski definition) is 2. The molecular formula is C9H7BrF2N4. The van der Waals surface area contributed by atoms with Gasteiger partial charge in [-0.2, -0.15) is 0 Å². The molecule has 1 saturated carbocycles. The summed E-state index contributed by atoms with van der Waals surface area (Å²) in [5.41, 5.74) is 7.64. The molecule has 0 atom stereocenters. The van der Waals surface area contributed by atoms with Crippen molar-refractivity contribution in [2.45, 2.75) is 24.3 Å². The van der Waals surface area contributed by atoms with E-state index in [0.29, 0.717) is 5.69 Å². The third-order valence-corrected chi connectivity index (χ3v) is 3.01. The Hall–Kier alpha value is -1.20. The number of pyridine rings is 1. The molecule has 0 unspecified atom stereocenters. The van der Waals surface area contributed by atoms with E-state index >= 15 is 0 Å². The SMILES string of the molecule is [N-]=[N+]=NC1(c2ccc(Br)cn2)CC(F)(F)C1. The molecule has 0 radical (unpaired) electrons. The van der Waals surface area contributed by atoms with Crippen LogP contribution in [0.2, 0.25) is 0 Å². The Balaban J connectivity index is 2.35. The van der Waals surface area contributed by atoms with Gasteiger partial charge in [0.15, 0.2) is 0 Å². The van der Waals surface area contributed by atoms with Gasteiger partial charge in [-0.3, -0.25) is 4.98 Å².